The number of ether oxygens (including phenoxy) is 1. The first-order valence-corrected chi connectivity index (χ1v) is 5.42. The van der Waals surface area contributed by atoms with Gasteiger partial charge in [-0.2, -0.15) is 0 Å². The van der Waals surface area contributed by atoms with Gasteiger partial charge in [-0.15, -0.1) is 0 Å². The van der Waals surface area contributed by atoms with Crippen LogP contribution in [0, 0.1) is 5.41 Å². The van der Waals surface area contributed by atoms with Crippen LogP contribution in [0.15, 0.2) is 0 Å². The van der Waals surface area contributed by atoms with Crippen molar-refractivity contribution >= 4 is 5.97 Å². The third-order valence-electron chi connectivity index (χ3n) is 2.94. The smallest absolute Gasteiger partial charge is 0.316 e. The summed E-state index contributed by atoms with van der Waals surface area (Å²) in [7, 11) is 0. The van der Waals surface area contributed by atoms with Gasteiger partial charge in [0.25, 0.3) is 0 Å². The number of hydrogen-bond donors (Lipinski definition) is 2. The molecule has 1 fully saturated rings. The quantitative estimate of drug-likeness (QED) is 0.669. The van der Waals surface area contributed by atoms with Crippen LogP contribution >= 0.6 is 0 Å². The molecule has 1 rings (SSSR count). The second-order valence-electron chi connectivity index (χ2n) is 5.31. The van der Waals surface area contributed by atoms with Gasteiger partial charge in [-0.05, 0) is 33.6 Å². The van der Waals surface area contributed by atoms with Crippen molar-refractivity contribution in [3.05, 3.63) is 0 Å². The van der Waals surface area contributed by atoms with Crippen LogP contribution in [0.2, 0.25) is 0 Å². The van der Waals surface area contributed by atoms with Crippen LogP contribution in [-0.4, -0.2) is 29.3 Å². The van der Waals surface area contributed by atoms with Crippen molar-refractivity contribution in [2.45, 2.75) is 51.7 Å². The molecule has 4 nitrogen and oxygen atoms in total. The van der Waals surface area contributed by atoms with E-state index in [0.717, 1.165) is 12.8 Å². The first-order chi connectivity index (χ1) is 6.82. The Labute approximate surface area is 90.8 Å². The second-order valence-corrected chi connectivity index (χ2v) is 5.31. The molecule has 0 aromatic rings. The third-order valence-corrected chi connectivity index (χ3v) is 2.94. The number of carbonyl (C=O) groups is 1. The van der Waals surface area contributed by atoms with Crippen LogP contribution in [0.5, 0.6) is 0 Å². The van der Waals surface area contributed by atoms with Gasteiger partial charge in [0, 0.05) is 6.04 Å². The summed E-state index contributed by atoms with van der Waals surface area (Å²) in [4.78, 5) is 12.0. The molecular weight excluding hydrogens is 194 g/mol. The number of rotatable bonds is 2. The second kappa shape index (κ2) is 4.10. The lowest BCUT2D eigenvalue weighted by molar-refractivity contribution is -0.170. The summed E-state index contributed by atoms with van der Waals surface area (Å²) in [6.07, 6.45) is 2.28. The molecule has 15 heavy (non-hydrogen) atoms. The van der Waals surface area contributed by atoms with Crippen molar-refractivity contribution in [3.63, 3.8) is 0 Å². The van der Waals surface area contributed by atoms with Crippen molar-refractivity contribution in [2.75, 3.05) is 6.61 Å². The van der Waals surface area contributed by atoms with Crippen LogP contribution in [0.4, 0.5) is 0 Å². The Hall–Kier alpha value is -0.610. The summed E-state index contributed by atoms with van der Waals surface area (Å²) < 4.78 is 5.31. The van der Waals surface area contributed by atoms with Gasteiger partial charge in [-0.25, -0.2) is 0 Å². The van der Waals surface area contributed by atoms with Crippen LogP contribution in [-0.2, 0) is 9.53 Å². The Morgan fingerprint density at radius 3 is 2.53 bits per heavy atom. The fourth-order valence-corrected chi connectivity index (χ4v) is 1.99. The maximum Gasteiger partial charge on any atom is 0.316 e. The number of hydrogen-bond acceptors (Lipinski definition) is 4. The topological polar surface area (TPSA) is 72.5 Å². The molecule has 0 radical (unpaired) electrons. The van der Waals surface area contributed by atoms with Gasteiger partial charge in [0.2, 0.25) is 0 Å². The zero-order valence-electron chi connectivity index (χ0n) is 9.75. The van der Waals surface area contributed by atoms with Crippen LogP contribution in [0.3, 0.4) is 0 Å². The predicted octanol–water partition coefficient (Wildman–Crippen LogP) is 0.818. The minimum atomic E-state index is -0.868. The highest BCUT2D eigenvalue weighted by molar-refractivity contribution is 5.78. The summed E-state index contributed by atoms with van der Waals surface area (Å²) in [5.41, 5.74) is 4.49. The highest BCUT2D eigenvalue weighted by Gasteiger charge is 2.49. The highest BCUT2D eigenvalue weighted by atomic mass is 16.6. The van der Waals surface area contributed by atoms with E-state index < -0.39 is 11.0 Å². The summed E-state index contributed by atoms with van der Waals surface area (Å²) in [5, 5.41) is 9.37. The van der Waals surface area contributed by atoms with Crippen molar-refractivity contribution in [2.24, 2.45) is 11.1 Å². The molecule has 4 heteroatoms. The summed E-state index contributed by atoms with van der Waals surface area (Å²) in [6.45, 7) is 5.23. The van der Waals surface area contributed by atoms with E-state index in [2.05, 4.69) is 0 Å². The number of esters is 1. The number of carbonyl (C=O) groups excluding carboxylic acids is 1. The predicted molar refractivity (Wildman–Crippen MR) is 57.2 cm³/mol. The molecule has 2 unspecified atom stereocenters. The van der Waals surface area contributed by atoms with E-state index in [4.69, 9.17) is 10.5 Å². The Bertz CT molecular complexity index is 247. The van der Waals surface area contributed by atoms with Crippen molar-refractivity contribution < 1.29 is 14.6 Å². The SMILES string of the molecule is CC(C)(C)OC(=O)C1(CO)CCCC1N. The van der Waals surface area contributed by atoms with Gasteiger partial charge in [0.15, 0.2) is 0 Å². The normalized spacial score (nSPS) is 31.7. The highest BCUT2D eigenvalue weighted by Crippen LogP contribution is 2.38. The summed E-state index contributed by atoms with van der Waals surface area (Å²) >= 11 is 0. The average molecular weight is 215 g/mol. The van der Waals surface area contributed by atoms with Crippen molar-refractivity contribution in [1.29, 1.82) is 0 Å². The summed E-state index contributed by atoms with van der Waals surface area (Å²) in [5.74, 6) is -0.359. The molecule has 1 aliphatic rings. The minimum Gasteiger partial charge on any atom is -0.459 e. The summed E-state index contributed by atoms with van der Waals surface area (Å²) in [6, 6.07) is -0.280. The molecule has 0 aromatic heterocycles. The molecule has 3 N–H and O–H groups in total. The minimum absolute atomic E-state index is 0.219. The number of aliphatic hydroxyl groups is 1. The van der Waals surface area contributed by atoms with Gasteiger partial charge >= 0.3 is 5.97 Å². The zero-order chi connectivity index (χ0) is 11.7. The fraction of sp³-hybridized carbons (Fsp3) is 0.909. The van der Waals surface area contributed by atoms with E-state index in [0.29, 0.717) is 6.42 Å². The Balaban J connectivity index is 2.79. The number of aliphatic hydroxyl groups excluding tert-OH is 1. The third kappa shape index (κ3) is 2.49. The van der Waals surface area contributed by atoms with E-state index in [1.807, 2.05) is 20.8 Å². The molecule has 0 aliphatic heterocycles. The van der Waals surface area contributed by atoms with E-state index >= 15 is 0 Å². The maximum atomic E-state index is 12.0. The van der Waals surface area contributed by atoms with Gasteiger partial charge < -0.3 is 15.6 Å². The molecule has 1 aliphatic carbocycles. The first-order valence-electron chi connectivity index (χ1n) is 5.42. The first kappa shape index (κ1) is 12.5. The van der Waals surface area contributed by atoms with Crippen molar-refractivity contribution in [3.8, 4) is 0 Å². The molecule has 0 saturated heterocycles. The van der Waals surface area contributed by atoms with E-state index in [1.54, 1.807) is 0 Å². The standard InChI is InChI=1S/C11H21NO3/c1-10(2,3)15-9(14)11(7-13)6-4-5-8(11)12/h8,13H,4-7,12H2,1-3H3. The molecule has 0 heterocycles. The molecule has 88 valence electrons. The molecule has 0 aromatic carbocycles. The molecule has 2 atom stereocenters. The molecular formula is C11H21NO3. The monoisotopic (exact) mass is 215 g/mol. The van der Waals surface area contributed by atoms with Gasteiger partial charge in [-0.3, -0.25) is 4.79 Å². The Morgan fingerprint density at radius 2 is 2.20 bits per heavy atom. The van der Waals surface area contributed by atoms with Gasteiger partial charge in [0.1, 0.15) is 11.0 Å². The fourth-order valence-electron chi connectivity index (χ4n) is 1.99. The molecule has 0 bridgehead atoms. The molecule has 0 amide bonds. The Kier molecular flexibility index (Phi) is 3.41. The van der Waals surface area contributed by atoms with Crippen molar-refractivity contribution in [1.82, 2.24) is 0 Å². The van der Waals surface area contributed by atoms with Crippen LogP contribution < -0.4 is 5.73 Å². The van der Waals surface area contributed by atoms with Crippen LogP contribution in [0.1, 0.15) is 40.0 Å². The van der Waals surface area contributed by atoms with E-state index in [1.165, 1.54) is 0 Å². The number of nitrogens with two attached hydrogens (primary N) is 1. The van der Waals surface area contributed by atoms with Gasteiger partial charge in [-0.1, -0.05) is 6.42 Å². The van der Waals surface area contributed by atoms with E-state index in [9.17, 15) is 9.90 Å². The molecule has 0 spiro atoms. The Morgan fingerprint density at radius 1 is 1.60 bits per heavy atom. The largest absolute Gasteiger partial charge is 0.459 e. The maximum absolute atomic E-state index is 12.0. The molecule has 1 saturated carbocycles. The lowest BCUT2D eigenvalue weighted by Gasteiger charge is -2.32. The van der Waals surface area contributed by atoms with Gasteiger partial charge in [0.05, 0.1) is 6.61 Å². The van der Waals surface area contributed by atoms with Crippen LogP contribution in [0.25, 0.3) is 0 Å². The average Bonchev–Trinajstić information content (AvgIpc) is 2.44. The lowest BCUT2D eigenvalue weighted by Crippen LogP contribution is -2.49. The zero-order valence-corrected chi connectivity index (χ0v) is 9.75. The van der Waals surface area contributed by atoms with E-state index in [-0.39, 0.29) is 18.6 Å². The lowest BCUT2D eigenvalue weighted by atomic mass is 9.83.